The van der Waals surface area contributed by atoms with E-state index in [1.165, 1.54) is 21.2 Å². The van der Waals surface area contributed by atoms with Gasteiger partial charge in [0.1, 0.15) is 0 Å². The predicted molar refractivity (Wildman–Crippen MR) is 102 cm³/mol. The second-order valence-electron chi connectivity index (χ2n) is 5.60. The van der Waals surface area contributed by atoms with Crippen molar-refractivity contribution >= 4 is 39.0 Å². The standard InChI is InChI=1S/C18H18ClNO2S2/c1-2-11-20(13-16-8-10-18(19)23-16)24(21,22)17-9-7-14-5-3-4-6-15(14)12-17/h2-6,8,10,12H,1,7,9,11,13H2. The summed E-state index contributed by atoms with van der Waals surface area (Å²) in [5.41, 5.74) is 2.18. The minimum atomic E-state index is -3.53. The Morgan fingerprint density at radius 1 is 1.21 bits per heavy atom. The van der Waals surface area contributed by atoms with E-state index in [1.807, 2.05) is 30.3 Å². The molecule has 0 spiro atoms. The summed E-state index contributed by atoms with van der Waals surface area (Å²) < 4.78 is 28.3. The Morgan fingerprint density at radius 2 is 2.00 bits per heavy atom. The summed E-state index contributed by atoms with van der Waals surface area (Å²) in [7, 11) is -3.53. The molecule has 1 aromatic carbocycles. The normalized spacial score (nSPS) is 14.3. The lowest BCUT2D eigenvalue weighted by molar-refractivity contribution is 0.445. The molecule has 0 unspecified atom stereocenters. The van der Waals surface area contributed by atoms with E-state index in [2.05, 4.69) is 6.58 Å². The SMILES string of the molecule is C=CCN(Cc1ccc(Cl)s1)S(=O)(=O)C1=Cc2ccccc2CC1. The summed E-state index contributed by atoms with van der Waals surface area (Å²) in [6, 6.07) is 11.6. The van der Waals surface area contributed by atoms with E-state index in [9.17, 15) is 8.42 Å². The Morgan fingerprint density at radius 3 is 2.71 bits per heavy atom. The summed E-state index contributed by atoms with van der Waals surface area (Å²) in [6.45, 7) is 4.28. The van der Waals surface area contributed by atoms with Crippen LogP contribution in [0.4, 0.5) is 0 Å². The number of sulfonamides is 1. The van der Waals surface area contributed by atoms with Gasteiger partial charge in [0.2, 0.25) is 10.0 Å². The number of aryl methyl sites for hydroxylation is 1. The van der Waals surface area contributed by atoms with E-state index < -0.39 is 10.0 Å². The number of halogens is 1. The van der Waals surface area contributed by atoms with Gasteiger partial charge in [0.25, 0.3) is 0 Å². The maximum atomic E-state index is 13.1. The zero-order valence-corrected chi connectivity index (χ0v) is 15.5. The first kappa shape index (κ1) is 17.4. The van der Waals surface area contributed by atoms with Crippen molar-refractivity contribution in [2.45, 2.75) is 19.4 Å². The lowest BCUT2D eigenvalue weighted by atomic mass is 9.98. The fourth-order valence-corrected chi connectivity index (χ4v) is 5.54. The second kappa shape index (κ2) is 7.23. The van der Waals surface area contributed by atoms with Gasteiger partial charge in [-0.15, -0.1) is 17.9 Å². The van der Waals surface area contributed by atoms with Crippen LogP contribution in [-0.4, -0.2) is 19.3 Å². The summed E-state index contributed by atoms with van der Waals surface area (Å²) >= 11 is 7.36. The zero-order valence-electron chi connectivity index (χ0n) is 13.1. The van der Waals surface area contributed by atoms with Gasteiger partial charge in [-0.2, -0.15) is 4.31 Å². The second-order valence-corrected chi connectivity index (χ2v) is 9.39. The fourth-order valence-electron chi connectivity index (χ4n) is 2.78. The lowest BCUT2D eigenvalue weighted by Crippen LogP contribution is -2.32. The molecule has 0 atom stereocenters. The molecule has 3 nitrogen and oxygen atoms in total. The van der Waals surface area contributed by atoms with E-state index >= 15 is 0 Å². The van der Waals surface area contributed by atoms with Crippen LogP contribution < -0.4 is 0 Å². The van der Waals surface area contributed by atoms with Crippen LogP contribution in [0, 0.1) is 0 Å². The molecule has 0 saturated carbocycles. The Bertz CT molecular complexity index is 884. The van der Waals surface area contributed by atoms with E-state index in [0.717, 1.165) is 16.9 Å². The largest absolute Gasteiger partial charge is 0.239 e. The van der Waals surface area contributed by atoms with Crippen molar-refractivity contribution in [3.63, 3.8) is 0 Å². The third-order valence-corrected chi connectivity index (χ3v) is 7.14. The van der Waals surface area contributed by atoms with Gasteiger partial charge in [-0.25, -0.2) is 8.42 Å². The first-order chi connectivity index (χ1) is 11.5. The molecule has 3 rings (SSSR count). The first-order valence-electron chi connectivity index (χ1n) is 7.64. The number of hydrogen-bond donors (Lipinski definition) is 0. The first-order valence-corrected chi connectivity index (χ1v) is 10.3. The number of hydrogen-bond acceptors (Lipinski definition) is 3. The molecule has 0 bridgehead atoms. The topological polar surface area (TPSA) is 37.4 Å². The molecule has 0 radical (unpaired) electrons. The highest BCUT2D eigenvalue weighted by atomic mass is 35.5. The average molecular weight is 380 g/mol. The van der Waals surface area contributed by atoms with E-state index in [1.54, 1.807) is 18.2 Å². The number of benzene rings is 1. The maximum Gasteiger partial charge on any atom is 0.239 e. The van der Waals surface area contributed by atoms with Crippen LogP contribution >= 0.6 is 22.9 Å². The number of rotatable bonds is 6. The van der Waals surface area contributed by atoms with Crippen molar-refractivity contribution in [2.75, 3.05) is 6.54 Å². The fraction of sp³-hybridized carbons (Fsp3) is 0.222. The van der Waals surface area contributed by atoms with Crippen LogP contribution in [0.1, 0.15) is 22.4 Å². The van der Waals surface area contributed by atoms with Gasteiger partial charge in [0, 0.05) is 18.0 Å². The summed E-state index contributed by atoms with van der Waals surface area (Å²) in [5, 5.41) is 0. The molecule has 0 N–H and O–H groups in total. The summed E-state index contributed by atoms with van der Waals surface area (Å²) in [6.07, 6.45) is 4.68. The molecule has 6 heteroatoms. The number of fused-ring (bicyclic) bond motifs is 1. The molecule has 1 aliphatic carbocycles. The average Bonchev–Trinajstić information content (AvgIpc) is 2.99. The van der Waals surface area contributed by atoms with Gasteiger partial charge >= 0.3 is 0 Å². The molecular weight excluding hydrogens is 362 g/mol. The Labute approximate surface area is 151 Å². The van der Waals surface area contributed by atoms with Crippen molar-refractivity contribution in [3.8, 4) is 0 Å². The van der Waals surface area contributed by atoms with Gasteiger partial charge in [0.05, 0.1) is 9.24 Å². The Hall–Kier alpha value is -1.40. The lowest BCUT2D eigenvalue weighted by Gasteiger charge is -2.24. The molecule has 1 aromatic heterocycles. The molecule has 24 heavy (non-hydrogen) atoms. The van der Waals surface area contributed by atoms with Crippen molar-refractivity contribution in [1.29, 1.82) is 0 Å². The molecule has 0 amide bonds. The monoisotopic (exact) mass is 379 g/mol. The summed E-state index contributed by atoms with van der Waals surface area (Å²) in [5.74, 6) is 0. The third-order valence-electron chi connectivity index (χ3n) is 3.98. The van der Waals surface area contributed by atoms with Crippen molar-refractivity contribution in [2.24, 2.45) is 0 Å². The van der Waals surface area contributed by atoms with Crippen LogP contribution in [0.25, 0.3) is 6.08 Å². The highest BCUT2D eigenvalue weighted by molar-refractivity contribution is 7.93. The van der Waals surface area contributed by atoms with Crippen LogP contribution in [0.3, 0.4) is 0 Å². The number of thiophene rings is 1. The molecule has 126 valence electrons. The van der Waals surface area contributed by atoms with Gasteiger partial charge in [-0.3, -0.25) is 0 Å². The van der Waals surface area contributed by atoms with Crippen molar-refractivity contribution in [3.05, 3.63) is 74.3 Å². The Balaban J connectivity index is 1.92. The van der Waals surface area contributed by atoms with Crippen LogP contribution in [0.15, 0.2) is 54.0 Å². The highest BCUT2D eigenvalue weighted by Gasteiger charge is 2.28. The minimum Gasteiger partial charge on any atom is -0.207 e. The molecule has 1 heterocycles. The minimum absolute atomic E-state index is 0.275. The predicted octanol–water partition coefficient (Wildman–Crippen LogP) is 4.71. The van der Waals surface area contributed by atoms with Gasteiger partial charge in [0.15, 0.2) is 0 Å². The highest BCUT2D eigenvalue weighted by Crippen LogP contribution is 2.30. The molecular formula is C18H18ClNO2S2. The van der Waals surface area contributed by atoms with Crippen molar-refractivity contribution in [1.82, 2.24) is 4.31 Å². The summed E-state index contributed by atoms with van der Waals surface area (Å²) in [4.78, 5) is 1.38. The zero-order chi connectivity index (χ0) is 17.2. The smallest absolute Gasteiger partial charge is 0.207 e. The van der Waals surface area contributed by atoms with E-state index in [-0.39, 0.29) is 6.54 Å². The van der Waals surface area contributed by atoms with Gasteiger partial charge in [-0.1, -0.05) is 41.9 Å². The molecule has 2 aromatic rings. The Kier molecular flexibility index (Phi) is 5.25. The van der Waals surface area contributed by atoms with Crippen LogP contribution in [-0.2, 0) is 23.0 Å². The molecule has 0 fully saturated rings. The molecule has 0 aliphatic heterocycles. The van der Waals surface area contributed by atoms with Crippen molar-refractivity contribution < 1.29 is 8.42 Å². The molecule has 1 aliphatic rings. The maximum absolute atomic E-state index is 13.1. The number of allylic oxidation sites excluding steroid dienone is 1. The van der Waals surface area contributed by atoms with Gasteiger partial charge in [-0.05, 0) is 42.2 Å². The van der Waals surface area contributed by atoms with Gasteiger partial charge < -0.3 is 0 Å². The number of nitrogens with zero attached hydrogens (tertiary/aromatic N) is 1. The quantitative estimate of drug-likeness (QED) is 0.682. The van der Waals surface area contributed by atoms with E-state index in [4.69, 9.17) is 11.6 Å². The van der Waals surface area contributed by atoms with Crippen LogP contribution in [0.5, 0.6) is 0 Å². The van der Waals surface area contributed by atoms with E-state index in [0.29, 0.717) is 22.2 Å². The van der Waals surface area contributed by atoms with Crippen LogP contribution in [0.2, 0.25) is 4.34 Å². The third kappa shape index (κ3) is 3.64. The molecule has 0 saturated heterocycles.